The first-order chi connectivity index (χ1) is 10.1. The number of carbonyl (C=O) groups excluding carboxylic acids is 1. The van der Waals surface area contributed by atoms with Crippen LogP contribution in [0.2, 0.25) is 0 Å². The minimum atomic E-state index is -0.865. The quantitative estimate of drug-likeness (QED) is 0.886. The van der Waals surface area contributed by atoms with E-state index in [0.29, 0.717) is 38.0 Å². The minimum absolute atomic E-state index is 0.0319. The van der Waals surface area contributed by atoms with E-state index in [1.165, 1.54) is 6.07 Å². The van der Waals surface area contributed by atoms with Crippen molar-refractivity contribution in [1.29, 1.82) is 0 Å². The summed E-state index contributed by atoms with van der Waals surface area (Å²) >= 11 is 0. The molecular weight excluding hydrogens is 273 g/mol. The van der Waals surface area contributed by atoms with Crippen LogP contribution in [-0.4, -0.2) is 36.4 Å². The van der Waals surface area contributed by atoms with Gasteiger partial charge in [-0.05, 0) is 24.0 Å². The standard InChI is InChI=1S/C16H20FNO3/c17-14-4-2-1-3-11(14)12-9-13(12)15(19)18-10-16(20)5-7-21-8-6-16/h1-4,12-13,20H,5-10H2,(H,18,19). The number of hydrogen-bond donors (Lipinski definition) is 2. The van der Waals surface area contributed by atoms with Crippen molar-refractivity contribution in [1.82, 2.24) is 5.32 Å². The summed E-state index contributed by atoms with van der Waals surface area (Å²) in [6, 6.07) is 6.60. The summed E-state index contributed by atoms with van der Waals surface area (Å²) in [5, 5.41) is 13.1. The maximum absolute atomic E-state index is 13.7. The van der Waals surface area contributed by atoms with Gasteiger partial charge in [0, 0.05) is 38.5 Å². The van der Waals surface area contributed by atoms with E-state index in [0.717, 1.165) is 0 Å². The number of carbonyl (C=O) groups is 1. The van der Waals surface area contributed by atoms with E-state index in [4.69, 9.17) is 4.74 Å². The molecule has 1 aromatic rings. The molecule has 2 aliphatic rings. The number of ether oxygens (including phenoxy) is 1. The van der Waals surface area contributed by atoms with Crippen molar-refractivity contribution < 1.29 is 19.0 Å². The van der Waals surface area contributed by atoms with Gasteiger partial charge in [0.15, 0.2) is 0 Å². The van der Waals surface area contributed by atoms with Crippen molar-refractivity contribution in [2.45, 2.75) is 30.8 Å². The molecule has 2 fully saturated rings. The van der Waals surface area contributed by atoms with Gasteiger partial charge in [-0.3, -0.25) is 4.79 Å². The number of nitrogens with one attached hydrogen (secondary N) is 1. The predicted octanol–water partition coefficient (Wildman–Crippen LogP) is 1.59. The summed E-state index contributed by atoms with van der Waals surface area (Å²) < 4.78 is 18.9. The first-order valence-electron chi connectivity index (χ1n) is 7.41. The Morgan fingerprint density at radius 3 is 2.81 bits per heavy atom. The molecule has 1 aliphatic heterocycles. The van der Waals surface area contributed by atoms with Crippen LogP contribution in [0.15, 0.2) is 24.3 Å². The molecule has 2 N–H and O–H groups in total. The van der Waals surface area contributed by atoms with Gasteiger partial charge in [-0.25, -0.2) is 4.39 Å². The molecule has 1 aliphatic carbocycles. The Bertz CT molecular complexity index is 528. The molecule has 1 saturated heterocycles. The molecule has 0 aromatic heterocycles. The first-order valence-corrected chi connectivity index (χ1v) is 7.41. The van der Waals surface area contributed by atoms with Gasteiger partial charge in [-0.15, -0.1) is 0 Å². The third-order valence-electron chi connectivity index (χ3n) is 4.45. The van der Waals surface area contributed by atoms with Crippen LogP contribution in [0.1, 0.15) is 30.7 Å². The zero-order valence-corrected chi connectivity index (χ0v) is 11.8. The molecule has 114 valence electrons. The van der Waals surface area contributed by atoms with E-state index < -0.39 is 5.60 Å². The maximum atomic E-state index is 13.7. The van der Waals surface area contributed by atoms with Gasteiger partial charge in [0.2, 0.25) is 5.91 Å². The van der Waals surface area contributed by atoms with E-state index in [1.54, 1.807) is 18.2 Å². The summed E-state index contributed by atoms with van der Waals surface area (Å²) in [7, 11) is 0. The van der Waals surface area contributed by atoms with E-state index in [-0.39, 0.29) is 30.1 Å². The smallest absolute Gasteiger partial charge is 0.223 e. The van der Waals surface area contributed by atoms with Gasteiger partial charge < -0.3 is 15.2 Å². The number of aliphatic hydroxyl groups is 1. The van der Waals surface area contributed by atoms with Crippen molar-refractivity contribution in [3.63, 3.8) is 0 Å². The van der Waals surface area contributed by atoms with E-state index in [2.05, 4.69) is 5.32 Å². The summed E-state index contributed by atoms with van der Waals surface area (Å²) in [4.78, 5) is 12.1. The van der Waals surface area contributed by atoms with Crippen LogP contribution in [-0.2, 0) is 9.53 Å². The molecule has 2 unspecified atom stereocenters. The lowest BCUT2D eigenvalue weighted by atomic mass is 9.94. The second-order valence-corrected chi connectivity index (χ2v) is 6.02. The highest BCUT2D eigenvalue weighted by Gasteiger charge is 2.45. The Balaban J connectivity index is 1.53. The van der Waals surface area contributed by atoms with Crippen LogP contribution in [0.25, 0.3) is 0 Å². The molecule has 1 amide bonds. The van der Waals surface area contributed by atoms with Gasteiger partial charge in [0.05, 0.1) is 5.60 Å². The zero-order valence-electron chi connectivity index (χ0n) is 11.8. The largest absolute Gasteiger partial charge is 0.388 e. The summed E-state index contributed by atoms with van der Waals surface area (Å²) in [5.41, 5.74) is -0.251. The van der Waals surface area contributed by atoms with Gasteiger partial charge >= 0.3 is 0 Å². The second kappa shape index (κ2) is 5.73. The third kappa shape index (κ3) is 3.24. The monoisotopic (exact) mass is 293 g/mol. The Morgan fingerprint density at radius 1 is 1.38 bits per heavy atom. The fourth-order valence-corrected chi connectivity index (χ4v) is 2.92. The van der Waals surface area contributed by atoms with Crippen LogP contribution in [0.5, 0.6) is 0 Å². The molecule has 3 rings (SSSR count). The van der Waals surface area contributed by atoms with Crippen molar-refractivity contribution in [3.8, 4) is 0 Å². The molecule has 0 radical (unpaired) electrons. The summed E-state index contributed by atoms with van der Waals surface area (Å²) in [6.45, 7) is 1.29. The van der Waals surface area contributed by atoms with Crippen molar-refractivity contribution in [2.24, 2.45) is 5.92 Å². The lowest BCUT2D eigenvalue weighted by Crippen LogP contribution is -2.47. The second-order valence-electron chi connectivity index (χ2n) is 6.02. The molecule has 1 aromatic carbocycles. The molecule has 5 heteroatoms. The highest BCUT2D eigenvalue weighted by molar-refractivity contribution is 5.83. The van der Waals surface area contributed by atoms with Gasteiger partial charge in [0.1, 0.15) is 5.82 Å². The van der Waals surface area contributed by atoms with Gasteiger partial charge in [-0.2, -0.15) is 0 Å². The molecule has 1 heterocycles. The molecule has 2 atom stereocenters. The number of rotatable bonds is 4. The van der Waals surface area contributed by atoms with Crippen LogP contribution < -0.4 is 5.32 Å². The van der Waals surface area contributed by atoms with Crippen molar-refractivity contribution >= 4 is 5.91 Å². The van der Waals surface area contributed by atoms with Crippen molar-refractivity contribution in [2.75, 3.05) is 19.8 Å². The lowest BCUT2D eigenvalue weighted by molar-refractivity contribution is -0.125. The molecule has 1 saturated carbocycles. The number of amides is 1. The van der Waals surface area contributed by atoms with Crippen LogP contribution >= 0.6 is 0 Å². The van der Waals surface area contributed by atoms with Crippen LogP contribution in [0.4, 0.5) is 4.39 Å². The average molecular weight is 293 g/mol. The topological polar surface area (TPSA) is 58.6 Å². The highest BCUT2D eigenvalue weighted by atomic mass is 19.1. The zero-order chi connectivity index (χ0) is 14.9. The molecular formula is C16H20FNO3. The number of benzene rings is 1. The minimum Gasteiger partial charge on any atom is -0.388 e. The molecule has 21 heavy (non-hydrogen) atoms. The molecule has 0 bridgehead atoms. The molecule has 4 nitrogen and oxygen atoms in total. The average Bonchev–Trinajstić information content (AvgIpc) is 3.27. The normalized spacial score (nSPS) is 27.1. The van der Waals surface area contributed by atoms with Gasteiger partial charge in [0.25, 0.3) is 0 Å². The Morgan fingerprint density at radius 2 is 2.10 bits per heavy atom. The fraction of sp³-hybridized carbons (Fsp3) is 0.562. The summed E-state index contributed by atoms with van der Waals surface area (Å²) in [6.07, 6.45) is 1.75. The Labute approximate surface area is 123 Å². The number of hydrogen-bond acceptors (Lipinski definition) is 3. The summed E-state index contributed by atoms with van der Waals surface area (Å²) in [5.74, 6) is -0.551. The third-order valence-corrected chi connectivity index (χ3v) is 4.45. The van der Waals surface area contributed by atoms with Gasteiger partial charge in [-0.1, -0.05) is 18.2 Å². The lowest BCUT2D eigenvalue weighted by Gasteiger charge is -2.32. The highest BCUT2D eigenvalue weighted by Crippen LogP contribution is 2.48. The fourth-order valence-electron chi connectivity index (χ4n) is 2.92. The van der Waals surface area contributed by atoms with E-state index in [1.807, 2.05) is 0 Å². The van der Waals surface area contributed by atoms with Crippen LogP contribution in [0.3, 0.4) is 0 Å². The maximum Gasteiger partial charge on any atom is 0.223 e. The van der Waals surface area contributed by atoms with Crippen molar-refractivity contribution in [3.05, 3.63) is 35.6 Å². The Hall–Kier alpha value is -1.46. The number of halogens is 1. The van der Waals surface area contributed by atoms with E-state index >= 15 is 0 Å². The SMILES string of the molecule is O=C(NCC1(O)CCOCC1)C1CC1c1ccccc1F. The first kappa shape index (κ1) is 14.5. The van der Waals surface area contributed by atoms with Crippen LogP contribution in [0, 0.1) is 11.7 Å². The van der Waals surface area contributed by atoms with E-state index in [9.17, 15) is 14.3 Å². The predicted molar refractivity (Wildman–Crippen MR) is 75.3 cm³/mol. The Kier molecular flexibility index (Phi) is 3.95. The molecule has 0 spiro atoms.